The number of hydrogen-bond acceptors (Lipinski definition) is 10. The maximum absolute atomic E-state index is 11.9. The van der Waals surface area contributed by atoms with Gasteiger partial charge in [-0.1, -0.05) is 34.1 Å². The average Bonchev–Trinajstić information content (AvgIpc) is 2.94. The second-order valence-corrected chi connectivity index (χ2v) is 10.9. The molecule has 0 aliphatic rings. The fourth-order valence-electron chi connectivity index (χ4n) is 3.96. The van der Waals surface area contributed by atoms with Crippen molar-refractivity contribution in [3.63, 3.8) is 0 Å². The van der Waals surface area contributed by atoms with E-state index in [2.05, 4.69) is 21.3 Å². The lowest BCUT2D eigenvalue weighted by Gasteiger charge is -2.16. The van der Waals surface area contributed by atoms with Crippen LogP contribution in [0.4, 0.5) is 0 Å². The van der Waals surface area contributed by atoms with Crippen LogP contribution < -0.4 is 27.0 Å². The normalized spacial score (nSPS) is 12.6. The van der Waals surface area contributed by atoms with Crippen molar-refractivity contribution >= 4 is 29.6 Å². The van der Waals surface area contributed by atoms with Crippen molar-refractivity contribution in [2.24, 2.45) is 17.6 Å². The van der Waals surface area contributed by atoms with Gasteiger partial charge < -0.3 is 51.1 Å². The Kier molecular flexibility index (Phi) is 24.8. The van der Waals surface area contributed by atoms with Crippen molar-refractivity contribution in [1.29, 1.82) is 0 Å². The van der Waals surface area contributed by atoms with Crippen LogP contribution in [0.3, 0.4) is 0 Å². The lowest BCUT2D eigenvalue weighted by molar-refractivity contribution is -0.140. The second-order valence-electron chi connectivity index (χ2n) is 10.9. The maximum atomic E-state index is 11.9. The van der Waals surface area contributed by atoms with Crippen molar-refractivity contribution in [2.75, 3.05) is 72.5 Å². The van der Waals surface area contributed by atoms with Gasteiger partial charge >= 0.3 is 5.97 Å². The molecule has 0 saturated heterocycles. The Labute approximate surface area is 261 Å². The van der Waals surface area contributed by atoms with Crippen LogP contribution in [0.5, 0.6) is 0 Å². The number of unbranched alkanes of at least 4 members (excludes halogenated alkanes) is 1. The molecule has 2 atom stereocenters. The number of amides is 4. The van der Waals surface area contributed by atoms with Crippen molar-refractivity contribution in [1.82, 2.24) is 21.3 Å². The van der Waals surface area contributed by atoms with E-state index in [0.717, 1.165) is 12.8 Å². The van der Waals surface area contributed by atoms with Gasteiger partial charge in [-0.2, -0.15) is 0 Å². The number of nitrogens with two attached hydrogens (primary N) is 1. The molecule has 2 unspecified atom stereocenters. The molecule has 0 aliphatic carbocycles. The Balaban J connectivity index is 3.55. The zero-order valence-electron chi connectivity index (χ0n) is 26.8. The molecule has 0 bridgehead atoms. The smallest absolute Gasteiger partial charge is 0.320 e. The number of aliphatic carboxylic acids is 1. The summed E-state index contributed by atoms with van der Waals surface area (Å²) < 4.78 is 21.2. The number of carboxylic acids is 1. The maximum Gasteiger partial charge on any atom is 0.320 e. The van der Waals surface area contributed by atoms with Crippen LogP contribution in [0.25, 0.3) is 0 Å². The minimum atomic E-state index is -0.985. The lowest BCUT2D eigenvalue weighted by Crippen LogP contribution is -2.41. The third-order valence-corrected chi connectivity index (χ3v) is 6.27. The third-order valence-electron chi connectivity index (χ3n) is 6.27. The number of carbonyl (C=O) groups is 5. The van der Waals surface area contributed by atoms with Gasteiger partial charge in [0.05, 0.1) is 39.6 Å². The van der Waals surface area contributed by atoms with Gasteiger partial charge in [-0.15, -0.1) is 0 Å². The SMILES string of the molecule is CC(C)NC(CCC(=O)NCCOCCOCC(=O)NCCOCCOCC(=O)NCCCCC(C(N)=O)C(C)C)C(=O)O. The Morgan fingerprint density at radius 3 is 1.64 bits per heavy atom. The molecule has 7 N–H and O–H groups in total. The van der Waals surface area contributed by atoms with E-state index >= 15 is 0 Å². The van der Waals surface area contributed by atoms with Crippen molar-refractivity contribution in [3.8, 4) is 0 Å². The van der Waals surface area contributed by atoms with E-state index in [0.29, 0.717) is 19.5 Å². The Bertz CT molecular complexity index is 828. The summed E-state index contributed by atoms with van der Waals surface area (Å²) in [6.07, 6.45) is 2.56. The fraction of sp³-hybridized carbons (Fsp3) is 0.828. The molecule has 15 nitrogen and oxygen atoms in total. The number of carboxylic acid groups (broad SMARTS) is 1. The molecule has 0 aliphatic heterocycles. The molecule has 0 rings (SSSR count). The van der Waals surface area contributed by atoms with E-state index in [1.807, 2.05) is 27.7 Å². The van der Waals surface area contributed by atoms with Crippen LogP contribution in [-0.2, 0) is 42.9 Å². The minimum Gasteiger partial charge on any atom is -0.480 e. The predicted octanol–water partition coefficient (Wildman–Crippen LogP) is -0.439. The van der Waals surface area contributed by atoms with E-state index < -0.39 is 12.0 Å². The summed E-state index contributed by atoms with van der Waals surface area (Å²) in [5.41, 5.74) is 5.41. The molecule has 0 fully saturated rings. The molecule has 0 radical (unpaired) electrons. The summed E-state index contributed by atoms with van der Waals surface area (Å²) in [6, 6.07) is -0.768. The van der Waals surface area contributed by atoms with Crippen molar-refractivity contribution < 1.29 is 48.0 Å². The van der Waals surface area contributed by atoms with Crippen LogP contribution in [-0.4, -0.2) is 119 Å². The summed E-state index contributed by atoms with van der Waals surface area (Å²) in [5.74, 6) is -1.98. The molecular formula is C29H55N5O10. The van der Waals surface area contributed by atoms with Crippen LogP contribution in [0.1, 0.15) is 59.8 Å². The summed E-state index contributed by atoms with van der Waals surface area (Å²) in [5, 5.41) is 20.2. The van der Waals surface area contributed by atoms with E-state index in [1.54, 1.807) is 0 Å². The van der Waals surface area contributed by atoms with Gasteiger partial charge in [0, 0.05) is 38.0 Å². The van der Waals surface area contributed by atoms with Crippen LogP contribution in [0.15, 0.2) is 0 Å². The number of ether oxygens (including phenoxy) is 4. The lowest BCUT2D eigenvalue weighted by atomic mass is 9.90. The molecule has 0 aromatic carbocycles. The topological polar surface area (TPSA) is 217 Å². The Morgan fingerprint density at radius 1 is 0.659 bits per heavy atom. The molecule has 0 aromatic rings. The van der Waals surface area contributed by atoms with Crippen LogP contribution in [0.2, 0.25) is 0 Å². The zero-order valence-corrected chi connectivity index (χ0v) is 26.8. The van der Waals surface area contributed by atoms with Crippen LogP contribution in [0, 0.1) is 11.8 Å². The van der Waals surface area contributed by atoms with E-state index in [9.17, 15) is 24.0 Å². The Morgan fingerprint density at radius 2 is 1.16 bits per heavy atom. The summed E-state index contributed by atoms with van der Waals surface area (Å²) in [7, 11) is 0. The number of carbonyl (C=O) groups excluding carboxylic acids is 4. The molecule has 44 heavy (non-hydrogen) atoms. The molecule has 4 amide bonds. The highest BCUT2D eigenvalue weighted by atomic mass is 16.5. The summed E-state index contributed by atoms with van der Waals surface area (Å²) >= 11 is 0. The first-order valence-electron chi connectivity index (χ1n) is 15.3. The molecule has 0 saturated carbocycles. The van der Waals surface area contributed by atoms with Gasteiger partial charge in [0.2, 0.25) is 23.6 Å². The Hall–Kier alpha value is -2.85. The molecule has 0 heterocycles. The largest absolute Gasteiger partial charge is 0.480 e. The quantitative estimate of drug-likeness (QED) is 0.0580. The highest BCUT2D eigenvalue weighted by Crippen LogP contribution is 2.17. The highest BCUT2D eigenvalue weighted by molar-refractivity contribution is 5.79. The zero-order chi connectivity index (χ0) is 33.2. The van der Waals surface area contributed by atoms with Gasteiger partial charge in [0.15, 0.2) is 0 Å². The molecule has 256 valence electrons. The number of rotatable bonds is 29. The fourth-order valence-corrected chi connectivity index (χ4v) is 3.96. The van der Waals surface area contributed by atoms with Gasteiger partial charge in [0.25, 0.3) is 0 Å². The minimum absolute atomic E-state index is 0.00280. The average molecular weight is 634 g/mol. The van der Waals surface area contributed by atoms with Crippen molar-refractivity contribution in [2.45, 2.75) is 71.9 Å². The van der Waals surface area contributed by atoms with Crippen molar-refractivity contribution in [3.05, 3.63) is 0 Å². The second kappa shape index (κ2) is 26.5. The first-order valence-corrected chi connectivity index (χ1v) is 15.3. The van der Waals surface area contributed by atoms with Gasteiger partial charge in [-0.3, -0.25) is 24.0 Å². The number of nitrogens with one attached hydrogen (secondary N) is 4. The molecular weight excluding hydrogens is 578 g/mol. The van der Waals surface area contributed by atoms with Crippen LogP contribution >= 0.6 is 0 Å². The standard InChI is InChI=1S/C29H55N5O10/c1-21(2)23(28(30)38)7-5-6-10-31-26(36)19-43-17-16-42-14-12-33-27(37)20-44-18-15-41-13-11-32-25(35)9-8-24(29(39)40)34-22(3)4/h21-24,34H,5-20H2,1-4H3,(H2,30,38)(H,31,36)(H,32,35)(H,33,37)(H,39,40). The van der Waals surface area contributed by atoms with Gasteiger partial charge in [-0.05, 0) is 25.2 Å². The third kappa shape index (κ3) is 24.6. The van der Waals surface area contributed by atoms with E-state index in [1.165, 1.54) is 0 Å². The summed E-state index contributed by atoms with van der Waals surface area (Å²) in [6.45, 7) is 10.0. The van der Waals surface area contributed by atoms with Gasteiger partial charge in [0.1, 0.15) is 19.3 Å². The summed E-state index contributed by atoms with van der Waals surface area (Å²) in [4.78, 5) is 58.0. The molecule has 15 heteroatoms. The first-order chi connectivity index (χ1) is 20.9. The van der Waals surface area contributed by atoms with Gasteiger partial charge in [-0.25, -0.2) is 0 Å². The number of primary amides is 1. The molecule has 0 spiro atoms. The highest BCUT2D eigenvalue weighted by Gasteiger charge is 2.19. The van der Waals surface area contributed by atoms with E-state index in [-0.39, 0.29) is 114 Å². The monoisotopic (exact) mass is 633 g/mol. The number of hydrogen-bond donors (Lipinski definition) is 6. The molecule has 0 aromatic heterocycles. The predicted molar refractivity (Wildman–Crippen MR) is 163 cm³/mol. The van der Waals surface area contributed by atoms with E-state index in [4.69, 9.17) is 29.8 Å². The first kappa shape index (κ1) is 41.1.